The molecule has 6 nitrogen and oxygen atoms in total. The van der Waals surface area contributed by atoms with Gasteiger partial charge in [-0.1, -0.05) is 12.1 Å². The van der Waals surface area contributed by atoms with Gasteiger partial charge in [-0.15, -0.1) is 0 Å². The van der Waals surface area contributed by atoms with Crippen LogP contribution in [0.4, 0.5) is 5.69 Å². The highest BCUT2D eigenvalue weighted by Gasteiger charge is 2.17. The van der Waals surface area contributed by atoms with Crippen LogP contribution in [0.5, 0.6) is 0 Å². The van der Waals surface area contributed by atoms with Crippen LogP contribution in [-0.4, -0.2) is 56.6 Å². The molecule has 2 N–H and O–H groups in total. The largest absolute Gasteiger partial charge is 0.383 e. The Kier molecular flexibility index (Phi) is 7.71. The molecule has 0 radical (unpaired) electrons. The number of hydrogen-bond donors (Lipinski definition) is 2. The molecule has 0 atom stereocenters. The van der Waals surface area contributed by atoms with Gasteiger partial charge in [-0.25, -0.2) is 0 Å². The second-order valence-corrected chi connectivity index (χ2v) is 6.00. The second kappa shape index (κ2) is 10.1. The van der Waals surface area contributed by atoms with E-state index in [0.717, 1.165) is 43.6 Å². The van der Waals surface area contributed by atoms with Crippen molar-refractivity contribution in [2.45, 2.75) is 25.7 Å². The van der Waals surface area contributed by atoms with Crippen LogP contribution >= 0.6 is 0 Å². The maximum absolute atomic E-state index is 12.0. The highest BCUT2D eigenvalue weighted by Crippen LogP contribution is 2.13. The SMILES string of the molecule is COCCNCC(=O)Nc1ccc(CCC(=O)N2CCCC2)cc1. The maximum atomic E-state index is 12.0. The maximum Gasteiger partial charge on any atom is 0.238 e. The zero-order valence-electron chi connectivity index (χ0n) is 14.3. The van der Waals surface area contributed by atoms with Crippen molar-refractivity contribution in [3.63, 3.8) is 0 Å². The van der Waals surface area contributed by atoms with Crippen molar-refractivity contribution in [2.24, 2.45) is 0 Å². The summed E-state index contributed by atoms with van der Waals surface area (Å²) in [6.45, 7) is 3.30. The van der Waals surface area contributed by atoms with Crippen LogP contribution < -0.4 is 10.6 Å². The third kappa shape index (κ3) is 6.29. The first kappa shape index (κ1) is 18.4. The lowest BCUT2D eigenvalue weighted by atomic mass is 10.1. The fourth-order valence-corrected chi connectivity index (χ4v) is 2.71. The smallest absolute Gasteiger partial charge is 0.238 e. The average Bonchev–Trinajstić information content (AvgIpc) is 3.12. The number of methoxy groups -OCH3 is 1. The van der Waals surface area contributed by atoms with Crippen LogP contribution in [0.2, 0.25) is 0 Å². The molecule has 1 aromatic carbocycles. The zero-order valence-corrected chi connectivity index (χ0v) is 14.3. The molecule has 1 aliphatic heterocycles. The fraction of sp³-hybridized carbons (Fsp3) is 0.556. The van der Waals surface area contributed by atoms with Crippen molar-refractivity contribution in [3.8, 4) is 0 Å². The topological polar surface area (TPSA) is 70.7 Å². The van der Waals surface area contributed by atoms with Gasteiger partial charge in [0, 0.05) is 38.9 Å². The van der Waals surface area contributed by atoms with Crippen molar-refractivity contribution < 1.29 is 14.3 Å². The average molecular weight is 333 g/mol. The Morgan fingerprint density at radius 3 is 2.54 bits per heavy atom. The van der Waals surface area contributed by atoms with Gasteiger partial charge in [0.25, 0.3) is 0 Å². The fourth-order valence-electron chi connectivity index (χ4n) is 2.71. The van der Waals surface area contributed by atoms with Crippen LogP contribution in [0.15, 0.2) is 24.3 Å². The molecule has 132 valence electrons. The van der Waals surface area contributed by atoms with E-state index >= 15 is 0 Å². The van der Waals surface area contributed by atoms with E-state index in [0.29, 0.717) is 19.6 Å². The number of hydrogen-bond acceptors (Lipinski definition) is 4. The molecule has 2 amide bonds. The number of likely N-dealkylation sites (tertiary alicyclic amines) is 1. The Bertz CT molecular complexity index is 525. The number of aryl methyl sites for hydroxylation is 1. The molecule has 24 heavy (non-hydrogen) atoms. The zero-order chi connectivity index (χ0) is 17.2. The predicted molar refractivity (Wildman–Crippen MR) is 94.0 cm³/mol. The van der Waals surface area contributed by atoms with Gasteiger partial charge in [-0.2, -0.15) is 0 Å². The number of anilines is 1. The van der Waals surface area contributed by atoms with Crippen LogP contribution in [0.25, 0.3) is 0 Å². The third-order valence-electron chi connectivity index (χ3n) is 4.09. The Morgan fingerprint density at radius 1 is 1.17 bits per heavy atom. The van der Waals surface area contributed by atoms with Crippen molar-refractivity contribution in [2.75, 3.05) is 45.2 Å². The van der Waals surface area contributed by atoms with Gasteiger partial charge in [-0.3, -0.25) is 9.59 Å². The third-order valence-corrected chi connectivity index (χ3v) is 4.09. The number of benzene rings is 1. The van der Waals surface area contributed by atoms with Gasteiger partial charge >= 0.3 is 0 Å². The molecule has 0 aromatic heterocycles. The minimum atomic E-state index is -0.0805. The van der Waals surface area contributed by atoms with Crippen LogP contribution in [0.3, 0.4) is 0 Å². The number of rotatable bonds is 9. The first-order valence-corrected chi connectivity index (χ1v) is 8.55. The van der Waals surface area contributed by atoms with Crippen molar-refractivity contribution >= 4 is 17.5 Å². The van der Waals surface area contributed by atoms with E-state index in [1.54, 1.807) is 7.11 Å². The predicted octanol–water partition coefficient (Wildman–Crippen LogP) is 1.42. The lowest BCUT2D eigenvalue weighted by molar-refractivity contribution is -0.130. The van der Waals surface area contributed by atoms with Gasteiger partial charge in [0.05, 0.1) is 13.2 Å². The van der Waals surface area contributed by atoms with E-state index in [-0.39, 0.29) is 18.4 Å². The second-order valence-electron chi connectivity index (χ2n) is 6.00. The molecule has 6 heteroatoms. The number of carbonyl (C=O) groups is 2. The number of amides is 2. The van der Waals surface area contributed by atoms with E-state index in [1.165, 1.54) is 0 Å². The minimum Gasteiger partial charge on any atom is -0.383 e. The monoisotopic (exact) mass is 333 g/mol. The number of carbonyl (C=O) groups excluding carboxylic acids is 2. The Hall–Kier alpha value is -1.92. The Morgan fingerprint density at radius 2 is 1.88 bits per heavy atom. The van der Waals surface area contributed by atoms with Gasteiger partial charge in [0.1, 0.15) is 0 Å². The summed E-state index contributed by atoms with van der Waals surface area (Å²) in [6.07, 6.45) is 3.54. The quantitative estimate of drug-likeness (QED) is 0.671. The summed E-state index contributed by atoms with van der Waals surface area (Å²) in [6, 6.07) is 7.68. The normalized spacial score (nSPS) is 14.0. The van der Waals surface area contributed by atoms with E-state index in [4.69, 9.17) is 4.74 Å². The first-order valence-electron chi connectivity index (χ1n) is 8.55. The molecule has 0 bridgehead atoms. The van der Waals surface area contributed by atoms with E-state index in [2.05, 4.69) is 10.6 Å². The Labute approximate surface area is 143 Å². The number of ether oxygens (including phenoxy) is 1. The molecule has 1 aliphatic rings. The molecule has 2 rings (SSSR count). The lowest BCUT2D eigenvalue weighted by Gasteiger charge is -2.15. The van der Waals surface area contributed by atoms with Crippen molar-refractivity contribution in [1.29, 1.82) is 0 Å². The summed E-state index contributed by atoms with van der Waals surface area (Å²) in [4.78, 5) is 25.7. The molecule has 0 saturated carbocycles. The summed E-state index contributed by atoms with van der Waals surface area (Å²) >= 11 is 0. The summed E-state index contributed by atoms with van der Waals surface area (Å²) in [5, 5.41) is 5.84. The van der Waals surface area contributed by atoms with E-state index in [1.807, 2.05) is 29.2 Å². The molecule has 0 unspecified atom stereocenters. The van der Waals surface area contributed by atoms with Gasteiger partial charge in [0.15, 0.2) is 0 Å². The van der Waals surface area contributed by atoms with Crippen LogP contribution in [0.1, 0.15) is 24.8 Å². The summed E-state index contributed by atoms with van der Waals surface area (Å²) in [7, 11) is 1.63. The van der Waals surface area contributed by atoms with Crippen LogP contribution in [0, 0.1) is 0 Å². The highest BCUT2D eigenvalue weighted by atomic mass is 16.5. The van der Waals surface area contributed by atoms with Gasteiger partial charge < -0.3 is 20.3 Å². The summed E-state index contributed by atoms with van der Waals surface area (Å²) in [5.41, 5.74) is 1.88. The van der Waals surface area contributed by atoms with Crippen molar-refractivity contribution in [3.05, 3.63) is 29.8 Å². The first-order chi connectivity index (χ1) is 11.7. The van der Waals surface area contributed by atoms with Gasteiger partial charge in [-0.05, 0) is 37.0 Å². The van der Waals surface area contributed by atoms with Gasteiger partial charge in [0.2, 0.25) is 11.8 Å². The standard InChI is InChI=1S/C18H27N3O3/c1-24-13-10-19-14-17(22)20-16-7-4-15(5-8-16)6-9-18(23)21-11-2-3-12-21/h4-5,7-8,19H,2-3,6,9-14H2,1H3,(H,20,22). The molecule has 1 aromatic rings. The summed E-state index contributed by atoms with van der Waals surface area (Å²) in [5.74, 6) is 0.162. The van der Waals surface area contributed by atoms with E-state index in [9.17, 15) is 9.59 Å². The molecule has 1 fully saturated rings. The molecular formula is C18H27N3O3. The molecular weight excluding hydrogens is 306 g/mol. The minimum absolute atomic E-state index is 0.0805. The molecule has 1 saturated heterocycles. The molecule has 1 heterocycles. The Balaban J connectivity index is 1.70. The molecule has 0 aliphatic carbocycles. The number of nitrogens with one attached hydrogen (secondary N) is 2. The molecule has 0 spiro atoms. The van der Waals surface area contributed by atoms with Crippen molar-refractivity contribution in [1.82, 2.24) is 10.2 Å². The van der Waals surface area contributed by atoms with Crippen LogP contribution in [-0.2, 0) is 20.7 Å². The summed E-state index contributed by atoms with van der Waals surface area (Å²) < 4.78 is 4.91. The number of nitrogens with zero attached hydrogens (tertiary/aromatic N) is 1. The lowest BCUT2D eigenvalue weighted by Crippen LogP contribution is -2.30. The highest BCUT2D eigenvalue weighted by molar-refractivity contribution is 5.92. The van der Waals surface area contributed by atoms with E-state index < -0.39 is 0 Å².